The van der Waals surface area contributed by atoms with E-state index in [1.54, 1.807) is 11.4 Å². The van der Waals surface area contributed by atoms with Crippen molar-refractivity contribution in [2.45, 2.75) is 52.5 Å². The van der Waals surface area contributed by atoms with E-state index in [0.717, 1.165) is 38.8 Å². The molecule has 1 unspecified atom stereocenters. The van der Waals surface area contributed by atoms with E-state index in [2.05, 4.69) is 26.1 Å². The molecule has 5 nitrogen and oxygen atoms in total. The molecule has 1 fully saturated rings. The summed E-state index contributed by atoms with van der Waals surface area (Å²) in [6.45, 7) is 9.46. The van der Waals surface area contributed by atoms with Crippen LogP contribution in [0.25, 0.3) is 0 Å². The van der Waals surface area contributed by atoms with E-state index in [0.29, 0.717) is 19.0 Å². The van der Waals surface area contributed by atoms with Crippen LogP contribution in [0.2, 0.25) is 0 Å². The van der Waals surface area contributed by atoms with Crippen molar-refractivity contribution in [2.75, 3.05) is 33.2 Å². The zero-order valence-corrected chi connectivity index (χ0v) is 14.2. The van der Waals surface area contributed by atoms with Gasteiger partial charge in [0.15, 0.2) is 0 Å². The minimum absolute atomic E-state index is 0.167. The summed E-state index contributed by atoms with van der Waals surface area (Å²) in [6.07, 6.45) is 3.94. The zero-order chi connectivity index (χ0) is 15.2. The van der Waals surface area contributed by atoms with Gasteiger partial charge in [-0.25, -0.2) is 0 Å². The van der Waals surface area contributed by atoms with Gasteiger partial charge in [-0.3, -0.25) is 0 Å². The van der Waals surface area contributed by atoms with Gasteiger partial charge in [0.1, 0.15) is 0 Å². The molecule has 1 rings (SSSR count). The third kappa shape index (κ3) is 4.69. The molecule has 6 heteroatoms. The van der Waals surface area contributed by atoms with E-state index in [1.807, 2.05) is 0 Å². The molecule has 0 aromatic rings. The summed E-state index contributed by atoms with van der Waals surface area (Å²) in [7, 11) is -1.59. The van der Waals surface area contributed by atoms with Gasteiger partial charge in [0.05, 0.1) is 0 Å². The van der Waals surface area contributed by atoms with Gasteiger partial charge in [-0.1, -0.05) is 20.8 Å². The Hall–Kier alpha value is -0.170. The van der Waals surface area contributed by atoms with Crippen molar-refractivity contribution >= 4 is 10.2 Å². The molecule has 0 aromatic carbocycles. The van der Waals surface area contributed by atoms with Crippen molar-refractivity contribution in [3.63, 3.8) is 0 Å². The van der Waals surface area contributed by atoms with Gasteiger partial charge in [-0.2, -0.15) is 17.0 Å². The highest BCUT2D eigenvalue weighted by molar-refractivity contribution is 7.86. The second-order valence-electron chi connectivity index (χ2n) is 6.00. The second-order valence-corrected chi connectivity index (χ2v) is 7.99. The fraction of sp³-hybridized carbons (Fsp3) is 1.00. The molecule has 1 aliphatic heterocycles. The molecule has 1 saturated heterocycles. The summed E-state index contributed by atoms with van der Waals surface area (Å²) in [5, 5.41) is 3.30. The molecular weight excluding hydrogens is 274 g/mol. The summed E-state index contributed by atoms with van der Waals surface area (Å²) in [5.74, 6) is 0.381. The average molecular weight is 305 g/mol. The van der Waals surface area contributed by atoms with Gasteiger partial charge in [-0.15, -0.1) is 0 Å². The smallest absolute Gasteiger partial charge is 0.281 e. The summed E-state index contributed by atoms with van der Waals surface area (Å²) < 4.78 is 28.4. The van der Waals surface area contributed by atoms with Crippen molar-refractivity contribution in [1.82, 2.24) is 13.9 Å². The van der Waals surface area contributed by atoms with Crippen molar-refractivity contribution in [1.29, 1.82) is 0 Å². The third-order valence-corrected chi connectivity index (χ3v) is 5.98. The SMILES string of the molecule is CCCNCCCN(C)S(=O)(=O)N1CCCC1C(C)C. The number of nitrogens with zero attached hydrogens (tertiary/aromatic N) is 2. The molecule has 1 N–H and O–H groups in total. The standard InChI is InChI=1S/C14H31N3O2S/c1-5-9-15-10-7-11-16(4)20(18,19)17-12-6-8-14(17)13(2)3/h13-15H,5-12H2,1-4H3. The maximum Gasteiger partial charge on any atom is 0.281 e. The first kappa shape index (κ1) is 17.9. The van der Waals surface area contributed by atoms with Gasteiger partial charge in [0, 0.05) is 26.2 Å². The Balaban J connectivity index is 2.50. The van der Waals surface area contributed by atoms with Gasteiger partial charge < -0.3 is 5.32 Å². The van der Waals surface area contributed by atoms with Gasteiger partial charge in [-0.05, 0) is 44.7 Å². The fourth-order valence-corrected chi connectivity index (χ4v) is 4.51. The maximum atomic E-state index is 12.6. The normalized spacial score (nSPS) is 21.2. The molecule has 0 aromatic heterocycles. The summed E-state index contributed by atoms with van der Waals surface area (Å²) >= 11 is 0. The number of hydrogen-bond acceptors (Lipinski definition) is 3. The van der Waals surface area contributed by atoms with E-state index in [4.69, 9.17) is 0 Å². The van der Waals surface area contributed by atoms with Crippen LogP contribution < -0.4 is 5.32 Å². The summed E-state index contributed by atoms with van der Waals surface area (Å²) in [4.78, 5) is 0. The van der Waals surface area contributed by atoms with Crippen LogP contribution >= 0.6 is 0 Å². The Morgan fingerprint density at radius 2 is 2.05 bits per heavy atom. The third-order valence-electron chi connectivity index (χ3n) is 3.96. The van der Waals surface area contributed by atoms with Crippen LogP contribution in [0, 0.1) is 5.92 Å². The van der Waals surface area contributed by atoms with Crippen molar-refractivity contribution in [2.24, 2.45) is 5.92 Å². The minimum atomic E-state index is -3.29. The van der Waals surface area contributed by atoms with Crippen LogP contribution in [0.15, 0.2) is 0 Å². The van der Waals surface area contributed by atoms with Crippen LogP contribution in [-0.4, -0.2) is 56.3 Å². The number of rotatable bonds is 9. The molecule has 1 heterocycles. The predicted octanol–water partition coefficient (Wildman–Crippen LogP) is 1.67. The van der Waals surface area contributed by atoms with E-state index in [-0.39, 0.29) is 6.04 Å². The van der Waals surface area contributed by atoms with Gasteiger partial charge in [0.25, 0.3) is 10.2 Å². The molecule has 120 valence electrons. The molecule has 0 radical (unpaired) electrons. The largest absolute Gasteiger partial charge is 0.317 e. The topological polar surface area (TPSA) is 52.7 Å². The predicted molar refractivity (Wildman–Crippen MR) is 83.9 cm³/mol. The van der Waals surface area contributed by atoms with Crippen LogP contribution in [0.3, 0.4) is 0 Å². The van der Waals surface area contributed by atoms with E-state index in [9.17, 15) is 8.42 Å². The average Bonchev–Trinajstić information content (AvgIpc) is 2.88. The monoisotopic (exact) mass is 305 g/mol. The molecule has 0 bridgehead atoms. The van der Waals surface area contributed by atoms with Crippen molar-refractivity contribution in [3.8, 4) is 0 Å². The van der Waals surface area contributed by atoms with Crippen molar-refractivity contribution in [3.05, 3.63) is 0 Å². The summed E-state index contributed by atoms with van der Waals surface area (Å²) in [5.41, 5.74) is 0. The van der Waals surface area contributed by atoms with Crippen LogP contribution in [0.1, 0.15) is 46.5 Å². The lowest BCUT2D eigenvalue weighted by Gasteiger charge is -2.30. The quantitative estimate of drug-likeness (QED) is 0.659. The van der Waals surface area contributed by atoms with E-state index < -0.39 is 10.2 Å². The summed E-state index contributed by atoms with van der Waals surface area (Å²) in [6, 6.07) is 0.167. The Labute approximate surface area is 124 Å². The van der Waals surface area contributed by atoms with Crippen LogP contribution in [0.5, 0.6) is 0 Å². The second kappa shape index (κ2) is 8.32. The highest BCUT2D eigenvalue weighted by Crippen LogP contribution is 2.27. The molecular formula is C14H31N3O2S. The fourth-order valence-electron chi connectivity index (χ4n) is 2.74. The molecule has 20 heavy (non-hydrogen) atoms. The Kier molecular flexibility index (Phi) is 7.43. The molecule has 1 atom stereocenters. The molecule has 0 spiro atoms. The lowest BCUT2D eigenvalue weighted by atomic mass is 10.0. The molecule has 1 aliphatic rings. The first-order valence-corrected chi connectivity index (χ1v) is 9.24. The van der Waals surface area contributed by atoms with Gasteiger partial charge >= 0.3 is 0 Å². The van der Waals surface area contributed by atoms with E-state index in [1.165, 1.54) is 4.31 Å². The molecule has 0 saturated carbocycles. The first-order chi connectivity index (χ1) is 9.41. The minimum Gasteiger partial charge on any atom is -0.317 e. The Bertz CT molecular complexity index is 371. The molecule has 0 aliphatic carbocycles. The van der Waals surface area contributed by atoms with Crippen LogP contribution in [-0.2, 0) is 10.2 Å². The highest BCUT2D eigenvalue weighted by Gasteiger charge is 2.37. The van der Waals surface area contributed by atoms with E-state index >= 15 is 0 Å². The Morgan fingerprint density at radius 1 is 1.35 bits per heavy atom. The first-order valence-electron chi connectivity index (χ1n) is 7.85. The van der Waals surface area contributed by atoms with Gasteiger partial charge in [0.2, 0.25) is 0 Å². The highest BCUT2D eigenvalue weighted by atomic mass is 32.2. The van der Waals surface area contributed by atoms with Crippen LogP contribution in [0.4, 0.5) is 0 Å². The lowest BCUT2D eigenvalue weighted by molar-refractivity contribution is 0.291. The maximum absolute atomic E-state index is 12.6. The lowest BCUT2D eigenvalue weighted by Crippen LogP contribution is -2.46. The Morgan fingerprint density at radius 3 is 2.65 bits per heavy atom. The zero-order valence-electron chi connectivity index (χ0n) is 13.4. The van der Waals surface area contributed by atoms with Crippen molar-refractivity contribution < 1.29 is 8.42 Å². The number of hydrogen-bond donors (Lipinski definition) is 1. The molecule has 0 amide bonds. The number of nitrogens with one attached hydrogen (secondary N) is 1.